The monoisotopic (exact) mass is 408 g/mol. The van der Waals surface area contributed by atoms with E-state index in [2.05, 4.69) is 44.0 Å². The lowest BCUT2D eigenvalue weighted by atomic mass is 9.97. The number of piperidine rings is 1. The van der Waals surface area contributed by atoms with Crippen LogP contribution in [0.2, 0.25) is 0 Å². The highest BCUT2D eigenvalue weighted by atomic mass is 32.1. The van der Waals surface area contributed by atoms with Gasteiger partial charge in [-0.2, -0.15) is 0 Å². The molecule has 0 aromatic carbocycles. The molecule has 7 nitrogen and oxygen atoms in total. The molecule has 4 rings (SSSR count). The van der Waals surface area contributed by atoms with Crippen LogP contribution >= 0.6 is 11.3 Å². The maximum Gasteiger partial charge on any atom is 0.206 e. The van der Waals surface area contributed by atoms with Crippen molar-refractivity contribution in [2.75, 3.05) is 25.0 Å². The minimum absolute atomic E-state index is 0.0857. The van der Waals surface area contributed by atoms with E-state index in [4.69, 9.17) is 0 Å². The number of H-pyrrole nitrogens is 2. The van der Waals surface area contributed by atoms with Crippen molar-refractivity contribution in [1.82, 2.24) is 25.5 Å². The van der Waals surface area contributed by atoms with Gasteiger partial charge in [0.25, 0.3) is 0 Å². The minimum Gasteiger partial charge on any atom is -0.347 e. The fourth-order valence-corrected chi connectivity index (χ4v) is 4.27. The normalized spacial score (nSPS) is 19.1. The number of hydrogen-bond donors (Lipinski definition) is 3. The number of ketones is 1. The lowest BCUT2D eigenvalue weighted by molar-refractivity contribution is -0.109. The zero-order chi connectivity index (χ0) is 20.2. The summed E-state index contributed by atoms with van der Waals surface area (Å²) in [5, 5.41) is 11.8. The van der Waals surface area contributed by atoms with Gasteiger partial charge in [0.2, 0.25) is 5.13 Å². The van der Waals surface area contributed by atoms with Crippen LogP contribution in [0.25, 0.3) is 17.7 Å². The Bertz CT molecular complexity index is 1100. The molecule has 0 unspecified atom stereocenters. The summed E-state index contributed by atoms with van der Waals surface area (Å²) in [5.74, 6) is -0.0857. The van der Waals surface area contributed by atoms with Crippen molar-refractivity contribution in [2.24, 2.45) is 0 Å². The molecule has 3 heterocycles. The highest BCUT2D eigenvalue weighted by Gasteiger charge is 2.19. The molecule has 3 N–H and O–H groups in total. The summed E-state index contributed by atoms with van der Waals surface area (Å²) in [4.78, 5) is 22.2. The molecular formula is C21H24N6OS. The summed E-state index contributed by atoms with van der Waals surface area (Å²) in [7, 11) is 2.06. The Kier molecular flexibility index (Phi) is 5.73. The van der Waals surface area contributed by atoms with Crippen molar-refractivity contribution in [3.05, 3.63) is 58.5 Å². The molecule has 1 fully saturated rings. The van der Waals surface area contributed by atoms with Gasteiger partial charge in [-0.25, -0.2) is 0 Å². The average Bonchev–Trinajstić information content (AvgIpc) is 2.96. The van der Waals surface area contributed by atoms with E-state index in [9.17, 15) is 4.79 Å². The maximum atomic E-state index is 12.8. The van der Waals surface area contributed by atoms with Gasteiger partial charge < -0.3 is 15.2 Å². The number of aromatic nitrogens is 4. The first-order valence-electron chi connectivity index (χ1n) is 9.61. The molecule has 8 heteroatoms. The number of nitrogens with zero attached hydrogens (tertiary/aromatic N) is 3. The number of hydrogen-bond acceptors (Lipinski definition) is 6. The van der Waals surface area contributed by atoms with Crippen molar-refractivity contribution in [3.8, 4) is 0 Å². The molecule has 1 saturated heterocycles. The zero-order valence-corrected chi connectivity index (χ0v) is 17.1. The molecule has 0 spiro atoms. The number of allylic oxidation sites excluding steroid dienone is 4. The quantitative estimate of drug-likeness (QED) is 0.712. The van der Waals surface area contributed by atoms with Crippen molar-refractivity contribution in [1.29, 1.82) is 0 Å². The molecule has 1 aliphatic heterocycles. The smallest absolute Gasteiger partial charge is 0.206 e. The molecular weight excluding hydrogens is 384 g/mol. The predicted molar refractivity (Wildman–Crippen MR) is 117 cm³/mol. The van der Waals surface area contributed by atoms with Gasteiger partial charge in [-0.05, 0) is 61.4 Å². The molecule has 2 aromatic rings. The van der Waals surface area contributed by atoms with E-state index in [1.807, 2.05) is 24.3 Å². The lowest BCUT2D eigenvalue weighted by Gasteiger charge is -2.31. The Balaban J connectivity index is 1.68. The third-order valence-corrected chi connectivity index (χ3v) is 6.08. The van der Waals surface area contributed by atoms with E-state index in [1.54, 1.807) is 18.5 Å². The van der Waals surface area contributed by atoms with Crippen LogP contribution in [-0.2, 0) is 4.79 Å². The van der Waals surface area contributed by atoms with Gasteiger partial charge in [-0.1, -0.05) is 24.0 Å². The van der Waals surface area contributed by atoms with Crippen molar-refractivity contribution in [2.45, 2.75) is 18.9 Å². The Morgan fingerprint density at radius 3 is 2.69 bits per heavy atom. The van der Waals surface area contributed by atoms with E-state index in [0.717, 1.165) is 46.9 Å². The predicted octanol–water partition coefficient (Wildman–Crippen LogP) is 1.29. The van der Waals surface area contributed by atoms with Crippen LogP contribution < -0.4 is 20.4 Å². The van der Waals surface area contributed by atoms with E-state index >= 15 is 0 Å². The van der Waals surface area contributed by atoms with Gasteiger partial charge in [0.15, 0.2) is 5.78 Å². The highest BCUT2D eigenvalue weighted by Crippen LogP contribution is 2.21. The topological polar surface area (TPSA) is 89.7 Å². The summed E-state index contributed by atoms with van der Waals surface area (Å²) < 4.78 is 0.724. The summed E-state index contributed by atoms with van der Waals surface area (Å²) in [6, 6.07) is 4.21. The van der Waals surface area contributed by atoms with Crippen LogP contribution in [-0.4, -0.2) is 52.1 Å². The van der Waals surface area contributed by atoms with Gasteiger partial charge in [0.1, 0.15) is 5.48 Å². The van der Waals surface area contributed by atoms with E-state index in [-0.39, 0.29) is 5.78 Å². The number of aromatic amines is 2. The molecule has 2 aromatic heterocycles. The Morgan fingerprint density at radius 1 is 1.21 bits per heavy atom. The number of carbonyl (C=O) groups excluding carboxylic acids is 1. The van der Waals surface area contributed by atoms with Gasteiger partial charge in [0.05, 0.1) is 10.2 Å². The van der Waals surface area contributed by atoms with Crippen molar-refractivity contribution < 1.29 is 4.79 Å². The number of rotatable bonds is 3. The third-order valence-electron chi connectivity index (χ3n) is 5.16. The maximum absolute atomic E-state index is 12.8. The van der Waals surface area contributed by atoms with Crippen LogP contribution in [0.4, 0.5) is 5.13 Å². The number of carbonyl (C=O) groups is 1. The van der Waals surface area contributed by atoms with Crippen LogP contribution in [0, 0.1) is 0 Å². The first kappa shape index (κ1) is 19.4. The number of nitrogens with one attached hydrogen (secondary N) is 3. The van der Waals surface area contributed by atoms with Gasteiger partial charge in [-0.15, -0.1) is 5.10 Å². The molecule has 0 saturated carbocycles. The fraction of sp³-hybridized carbons (Fsp3) is 0.286. The summed E-state index contributed by atoms with van der Waals surface area (Å²) in [6.45, 7) is 6.11. The van der Waals surface area contributed by atoms with Gasteiger partial charge in [0, 0.05) is 25.5 Å². The Morgan fingerprint density at radius 2 is 1.97 bits per heavy atom. The largest absolute Gasteiger partial charge is 0.347 e. The average molecular weight is 409 g/mol. The Labute approximate surface area is 172 Å². The second kappa shape index (κ2) is 8.59. The second-order valence-corrected chi connectivity index (χ2v) is 8.13. The van der Waals surface area contributed by atoms with Crippen LogP contribution in [0.5, 0.6) is 0 Å². The SMILES string of the molecule is C=c1[nH]/c(=C2\C=CC(c3ccncc3)=CC2=O)[nH]nc(N(C)C2CCNCC2)s1. The summed E-state index contributed by atoms with van der Waals surface area (Å²) in [5.41, 5.74) is 2.89. The third kappa shape index (κ3) is 4.38. The first-order valence-corrected chi connectivity index (χ1v) is 10.4. The molecule has 1 aliphatic carbocycles. The van der Waals surface area contributed by atoms with Crippen LogP contribution in [0.3, 0.4) is 0 Å². The minimum atomic E-state index is -0.0857. The fourth-order valence-electron chi connectivity index (χ4n) is 3.51. The van der Waals surface area contributed by atoms with E-state index < -0.39 is 0 Å². The van der Waals surface area contributed by atoms with E-state index in [1.165, 1.54) is 11.3 Å². The zero-order valence-electron chi connectivity index (χ0n) is 16.3. The van der Waals surface area contributed by atoms with Crippen LogP contribution in [0.15, 0.2) is 42.8 Å². The molecule has 0 amide bonds. The molecule has 0 bridgehead atoms. The van der Waals surface area contributed by atoms with Crippen molar-refractivity contribution in [3.63, 3.8) is 0 Å². The number of pyridine rings is 1. The summed E-state index contributed by atoms with van der Waals surface area (Å²) in [6.07, 6.45) is 11.0. The lowest BCUT2D eigenvalue weighted by Crippen LogP contribution is -2.41. The van der Waals surface area contributed by atoms with Gasteiger partial charge >= 0.3 is 0 Å². The molecule has 0 atom stereocenters. The van der Waals surface area contributed by atoms with Gasteiger partial charge in [-0.3, -0.25) is 14.9 Å². The molecule has 29 heavy (non-hydrogen) atoms. The van der Waals surface area contributed by atoms with Crippen LogP contribution in [0.1, 0.15) is 18.4 Å². The second-order valence-electron chi connectivity index (χ2n) is 7.07. The first-order chi connectivity index (χ1) is 14.1. The number of anilines is 1. The Hall–Kier alpha value is -2.97. The molecule has 0 radical (unpaired) electrons. The standard InChI is InChI=1S/C21H24N6OS/c1-14-24-20(25-26-21(29-14)27(2)17-7-11-23-12-8-17)18-4-3-16(13-19(18)28)15-5-9-22-10-6-15/h3-6,9-10,13,17,23-25H,1,7-8,11-12H2,2H3/b20-18-. The summed E-state index contributed by atoms with van der Waals surface area (Å²) >= 11 is 1.47. The highest BCUT2D eigenvalue weighted by molar-refractivity contribution is 7.12. The van der Waals surface area contributed by atoms with Crippen molar-refractivity contribution >= 4 is 40.0 Å². The van der Waals surface area contributed by atoms with E-state index in [0.29, 0.717) is 17.1 Å². The molecule has 2 aliphatic rings. The molecule has 150 valence electrons.